The number of benzene rings is 3. The predicted octanol–water partition coefficient (Wildman–Crippen LogP) is 6.08. The molecule has 1 aliphatic heterocycles. The first-order chi connectivity index (χ1) is 12.4. The number of hydrogen-bond donors (Lipinski definition) is 0. The maximum Gasteiger partial charge on any atom is 0.0351 e. The Hall–Kier alpha value is -2.38. The molecule has 0 aromatic heterocycles. The largest absolute Gasteiger partial charge is 0.292 e. The first-order valence-electron chi connectivity index (χ1n) is 9.33. The second-order valence-corrected chi connectivity index (χ2v) is 6.96. The standard InChI is InChI=1S/C24H25N/c1-3-9-20(10-4-1)19-25-18-8-7-13-24(25)23-16-14-22(15-17-23)21-11-5-2-6-12-21/h1-6,9-12,14-17,24H,7-8,13,18-19H2. The highest BCUT2D eigenvalue weighted by Gasteiger charge is 2.23. The Kier molecular flexibility index (Phi) is 4.94. The van der Waals surface area contributed by atoms with Gasteiger partial charge in [0, 0.05) is 12.6 Å². The summed E-state index contributed by atoms with van der Waals surface area (Å²) in [4.78, 5) is 2.65. The molecule has 0 N–H and O–H groups in total. The van der Waals surface area contributed by atoms with E-state index in [1.165, 1.54) is 48.1 Å². The van der Waals surface area contributed by atoms with Crippen LogP contribution in [0.25, 0.3) is 11.1 Å². The van der Waals surface area contributed by atoms with Crippen LogP contribution in [0.15, 0.2) is 84.9 Å². The van der Waals surface area contributed by atoms with Gasteiger partial charge in [-0.25, -0.2) is 0 Å². The summed E-state index contributed by atoms with van der Waals surface area (Å²) in [6.07, 6.45) is 3.90. The molecule has 0 aliphatic carbocycles. The van der Waals surface area contributed by atoms with Gasteiger partial charge >= 0.3 is 0 Å². The number of hydrogen-bond acceptors (Lipinski definition) is 1. The molecule has 3 aromatic rings. The third-order valence-electron chi connectivity index (χ3n) is 5.24. The first-order valence-corrected chi connectivity index (χ1v) is 9.33. The summed E-state index contributed by atoms with van der Waals surface area (Å²) in [7, 11) is 0. The van der Waals surface area contributed by atoms with E-state index < -0.39 is 0 Å². The van der Waals surface area contributed by atoms with Crippen LogP contribution in [0, 0.1) is 0 Å². The predicted molar refractivity (Wildman–Crippen MR) is 105 cm³/mol. The number of rotatable bonds is 4. The maximum absolute atomic E-state index is 2.65. The maximum atomic E-state index is 2.65. The van der Waals surface area contributed by atoms with Gasteiger partial charge in [-0.1, -0.05) is 91.3 Å². The topological polar surface area (TPSA) is 3.24 Å². The Balaban J connectivity index is 1.54. The van der Waals surface area contributed by atoms with Crippen LogP contribution in [0.1, 0.15) is 36.4 Å². The van der Waals surface area contributed by atoms with Gasteiger partial charge in [0.2, 0.25) is 0 Å². The van der Waals surface area contributed by atoms with Crippen LogP contribution < -0.4 is 0 Å². The van der Waals surface area contributed by atoms with Crippen LogP contribution in [0.3, 0.4) is 0 Å². The average Bonchev–Trinajstić information content (AvgIpc) is 2.70. The van der Waals surface area contributed by atoms with Gasteiger partial charge in [-0.3, -0.25) is 4.90 Å². The van der Waals surface area contributed by atoms with Crippen molar-refractivity contribution in [2.24, 2.45) is 0 Å². The minimum Gasteiger partial charge on any atom is -0.292 e. The number of likely N-dealkylation sites (tertiary alicyclic amines) is 1. The quantitative estimate of drug-likeness (QED) is 0.561. The van der Waals surface area contributed by atoms with Crippen molar-refractivity contribution in [2.45, 2.75) is 31.8 Å². The zero-order valence-electron chi connectivity index (χ0n) is 14.6. The van der Waals surface area contributed by atoms with Gasteiger partial charge in [0.15, 0.2) is 0 Å². The smallest absolute Gasteiger partial charge is 0.0351 e. The molecule has 25 heavy (non-hydrogen) atoms. The molecule has 0 bridgehead atoms. The third kappa shape index (κ3) is 3.83. The second kappa shape index (κ2) is 7.67. The average molecular weight is 327 g/mol. The lowest BCUT2D eigenvalue weighted by molar-refractivity contribution is 0.140. The van der Waals surface area contributed by atoms with Gasteiger partial charge in [-0.15, -0.1) is 0 Å². The molecule has 0 amide bonds. The highest BCUT2D eigenvalue weighted by atomic mass is 15.2. The molecule has 1 aliphatic rings. The third-order valence-corrected chi connectivity index (χ3v) is 5.24. The molecule has 0 saturated carbocycles. The van der Waals surface area contributed by atoms with Crippen LogP contribution in [0.4, 0.5) is 0 Å². The minimum absolute atomic E-state index is 0.541. The van der Waals surface area contributed by atoms with E-state index in [9.17, 15) is 0 Å². The SMILES string of the molecule is c1ccc(CN2CCCCC2c2ccc(-c3ccccc3)cc2)cc1. The van der Waals surface area contributed by atoms with E-state index in [-0.39, 0.29) is 0 Å². The zero-order valence-corrected chi connectivity index (χ0v) is 14.6. The summed E-state index contributed by atoms with van der Waals surface area (Å²) >= 11 is 0. The number of piperidine rings is 1. The molecule has 1 unspecified atom stereocenters. The van der Waals surface area contributed by atoms with Gasteiger partial charge in [-0.05, 0) is 41.6 Å². The molecule has 1 saturated heterocycles. The summed E-state index contributed by atoms with van der Waals surface area (Å²) < 4.78 is 0. The van der Waals surface area contributed by atoms with Crippen molar-refractivity contribution in [3.63, 3.8) is 0 Å². The van der Waals surface area contributed by atoms with Crippen LogP contribution in [-0.4, -0.2) is 11.4 Å². The molecule has 1 nitrogen and oxygen atoms in total. The molecule has 1 heteroatoms. The van der Waals surface area contributed by atoms with Crippen molar-refractivity contribution >= 4 is 0 Å². The van der Waals surface area contributed by atoms with Crippen molar-refractivity contribution in [2.75, 3.05) is 6.54 Å². The van der Waals surface area contributed by atoms with E-state index in [0.29, 0.717) is 6.04 Å². The van der Waals surface area contributed by atoms with Crippen molar-refractivity contribution in [1.82, 2.24) is 4.90 Å². The molecule has 0 spiro atoms. The molecule has 1 fully saturated rings. The van der Waals surface area contributed by atoms with Crippen molar-refractivity contribution < 1.29 is 0 Å². The Bertz CT molecular complexity index is 777. The fourth-order valence-electron chi connectivity index (χ4n) is 3.90. The van der Waals surface area contributed by atoms with Gasteiger partial charge in [0.25, 0.3) is 0 Å². The van der Waals surface area contributed by atoms with Gasteiger partial charge < -0.3 is 0 Å². The second-order valence-electron chi connectivity index (χ2n) is 6.96. The lowest BCUT2D eigenvalue weighted by Gasteiger charge is -2.36. The fraction of sp³-hybridized carbons (Fsp3) is 0.250. The first kappa shape index (κ1) is 16.1. The molecule has 126 valence electrons. The van der Waals surface area contributed by atoms with E-state index in [2.05, 4.69) is 89.8 Å². The van der Waals surface area contributed by atoms with Crippen LogP contribution in [-0.2, 0) is 6.54 Å². The molecule has 3 aromatic carbocycles. The molecule has 1 atom stereocenters. The Morgan fingerprint density at radius 3 is 2.04 bits per heavy atom. The molecular weight excluding hydrogens is 302 g/mol. The molecule has 4 rings (SSSR count). The fourth-order valence-corrected chi connectivity index (χ4v) is 3.90. The number of nitrogens with zero attached hydrogens (tertiary/aromatic N) is 1. The lowest BCUT2D eigenvalue weighted by Crippen LogP contribution is -2.32. The molecule has 1 heterocycles. The summed E-state index contributed by atoms with van der Waals surface area (Å²) in [6.45, 7) is 2.24. The Labute approximate surface area is 150 Å². The van der Waals surface area contributed by atoms with Crippen LogP contribution in [0.5, 0.6) is 0 Å². The van der Waals surface area contributed by atoms with E-state index in [4.69, 9.17) is 0 Å². The monoisotopic (exact) mass is 327 g/mol. The van der Waals surface area contributed by atoms with E-state index in [1.54, 1.807) is 0 Å². The molecule has 0 radical (unpaired) electrons. The van der Waals surface area contributed by atoms with E-state index in [0.717, 1.165) is 6.54 Å². The van der Waals surface area contributed by atoms with Crippen LogP contribution >= 0.6 is 0 Å². The van der Waals surface area contributed by atoms with Crippen molar-refractivity contribution in [1.29, 1.82) is 0 Å². The Morgan fingerprint density at radius 1 is 0.680 bits per heavy atom. The van der Waals surface area contributed by atoms with Crippen molar-refractivity contribution in [3.8, 4) is 11.1 Å². The summed E-state index contributed by atoms with van der Waals surface area (Å²) in [5.41, 5.74) is 5.46. The van der Waals surface area contributed by atoms with E-state index >= 15 is 0 Å². The summed E-state index contributed by atoms with van der Waals surface area (Å²) in [5.74, 6) is 0. The van der Waals surface area contributed by atoms with E-state index in [1.807, 2.05) is 0 Å². The Morgan fingerprint density at radius 2 is 1.32 bits per heavy atom. The highest BCUT2D eigenvalue weighted by molar-refractivity contribution is 5.63. The van der Waals surface area contributed by atoms with Gasteiger partial charge in [0.1, 0.15) is 0 Å². The zero-order chi connectivity index (χ0) is 16.9. The molecular formula is C24H25N. The van der Waals surface area contributed by atoms with Crippen molar-refractivity contribution in [3.05, 3.63) is 96.1 Å². The van der Waals surface area contributed by atoms with Crippen LogP contribution in [0.2, 0.25) is 0 Å². The van der Waals surface area contributed by atoms with Gasteiger partial charge in [-0.2, -0.15) is 0 Å². The summed E-state index contributed by atoms with van der Waals surface area (Å²) in [6, 6.07) is 31.2. The lowest BCUT2D eigenvalue weighted by atomic mass is 9.93. The highest BCUT2D eigenvalue weighted by Crippen LogP contribution is 2.33. The minimum atomic E-state index is 0.541. The van der Waals surface area contributed by atoms with Gasteiger partial charge in [0.05, 0.1) is 0 Å². The summed E-state index contributed by atoms with van der Waals surface area (Å²) in [5, 5.41) is 0. The normalized spacial score (nSPS) is 18.2.